The van der Waals surface area contributed by atoms with Crippen LogP contribution < -0.4 is 14.8 Å². The van der Waals surface area contributed by atoms with E-state index >= 15 is 0 Å². The van der Waals surface area contributed by atoms with E-state index in [2.05, 4.69) is 5.32 Å². The zero-order valence-electron chi connectivity index (χ0n) is 17.4. The molecule has 0 spiro atoms. The molecule has 1 atom stereocenters. The second-order valence-corrected chi connectivity index (χ2v) is 7.51. The predicted octanol–water partition coefficient (Wildman–Crippen LogP) is 3.04. The van der Waals surface area contributed by atoms with Crippen molar-refractivity contribution in [2.24, 2.45) is 5.92 Å². The first kappa shape index (κ1) is 20.7. The van der Waals surface area contributed by atoms with Crippen LogP contribution in [0.1, 0.15) is 35.3 Å². The summed E-state index contributed by atoms with van der Waals surface area (Å²) in [6.07, 6.45) is 0.658. The number of carbonyl (C=O) groups is 2. The second kappa shape index (κ2) is 8.99. The van der Waals surface area contributed by atoms with Crippen LogP contribution in [-0.4, -0.2) is 43.5 Å². The quantitative estimate of drug-likeness (QED) is 0.745. The fourth-order valence-electron chi connectivity index (χ4n) is 3.78. The number of fused-ring (bicyclic) bond motifs is 1. The van der Waals surface area contributed by atoms with E-state index in [0.29, 0.717) is 36.6 Å². The van der Waals surface area contributed by atoms with E-state index in [-0.39, 0.29) is 17.7 Å². The Morgan fingerprint density at radius 3 is 2.48 bits per heavy atom. The van der Waals surface area contributed by atoms with Crippen molar-refractivity contribution in [1.29, 1.82) is 0 Å². The van der Waals surface area contributed by atoms with E-state index in [4.69, 9.17) is 9.47 Å². The predicted molar refractivity (Wildman–Crippen MR) is 111 cm³/mol. The number of nitrogens with zero attached hydrogens (tertiary/aromatic N) is 1. The average Bonchev–Trinajstić information content (AvgIpc) is 3.04. The van der Waals surface area contributed by atoms with Gasteiger partial charge in [0.15, 0.2) is 11.5 Å². The number of carbonyl (C=O) groups excluding carboxylic acids is 2. The molecule has 0 saturated carbocycles. The molecule has 1 heterocycles. The molecule has 6 heteroatoms. The van der Waals surface area contributed by atoms with E-state index in [9.17, 15) is 9.59 Å². The van der Waals surface area contributed by atoms with Crippen molar-refractivity contribution in [2.75, 3.05) is 20.8 Å². The standard InChI is InChI=1S/C23H28N2O4/c1-15(2)21(25-14-17-7-5-6-8-18(17)23(25)27)22(26)24-12-11-16-9-10-19(28-3)20(13-16)29-4/h5-10,13,15,21H,11-12,14H2,1-4H3,(H,24,26)/t21-/m0/s1. The lowest BCUT2D eigenvalue weighted by atomic mass is 10.0. The Kier molecular flexibility index (Phi) is 6.42. The van der Waals surface area contributed by atoms with Gasteiger partial charge in [-0.25, -0.2) is 0 Å². The topological polar surface area (TPSA) is 67.9 Å². The highest BCUT2D eigenvalue weighted by atomic mass is 16.5. The molecule has 1 aliphatic rings. The Morgan fingerprint density at radius 1 is 1.10 bits per heavy atom. The first-order valence-electron chi connectivity index (χ1n) is 9.83. The molecule has 2 aromatic carbocycles. The smallest absolute Gasteiger partial charge is 0.255 e. The molecular formula is C23H28N2O4. The maximum atomic E-state index is 12.9. The molecule has 154 valence electrons. The van der Waals surface area contributed by atoms with Crippen LogP contribution in [0, 0.1) is 5.92 Å². The Labute approximate surface area is 171 Å². The van der Waals surface area contributed by atoms with Crippen molar-refractivity contribution in [1.82, 2.24) is 10.2 Å². The molecule has 0 saturated heterocycles. The number of hydrogen-bond acceptors (Lipinski definition) is 4. The highest BCUT2D eigenvalue weighted by Gasteiger charge is 2.37. The highest BCUT2D eigenvalue weighted by Crippen LogP contribution is 2.28. The van der Waals surface area contributed by atoms with Crippen LogP contribution in [0.15, 0.2) is 42.5 Å². The molecule has 29 heavy (non-hydrogen) atoms. The monoisotopic (exact) mass is 396 g/mol. The highest BCUT2D eigenvalue weighted by molar-refractivity contribution is 6.01. The molecule has 2 aromatic rings. The maximum Gasteiger partial charge on any atom is 0.255 e. The van der Waals surface area contributed by atoms with Gasteiger partial charge < -0.3 is 19.7 Å². The molecule has 1 N–H and O–H groups in total. The van der Waals surface area contributed by atoms with Crippen molar-refractivity contribution >= 4 is 11.8 Å². The van der Waals surface area contributed by atoms with Crippen LogP contribution in [0.5, 0.6) is 11.5 Å². The van der Waals surface area contributed by atoms with Crippen molar-refractivity contribution in [3.05, 3.63) is 59.2 Å². The number of benzene rings is 2. The van der Waals surface area contributed by atoms with E-state index in [0.717, 1.165) is 11.1 Å². The van der Waals surface area contributed by atoms with Gasteiger partial charge in [0.05, 0.1) is 14.2 Å². The summed E-state index contributed by atoms with van der Waals surface area (Å²) < 4.78 is 10.6. The maximum absolute atomic E-state index is 12.9. The molecule has 0 bridgehead atoms. The van der Waals surface area contributed by atoms with Crippen molar-refractivity contribution < 1.29 is 19.1 Å². The minimum atomic E-state index is -0.500. The third kappa shape index (κ3) is 4.36. The summed E-state index contributed by atoms with van der Waals surface area (Å²) >= 11 is 0. The number of hydrogen-bond donors (Lipinski definition) is 1. The molecule has 0 fully saturated rings. The molecule has 0 aromatic heterocycles. The summed E-state index contributed by atoms with van der Waals surface area (Å²) in [4.78, 5) is 27.4. The van der Waals surface area contributed by atoms with Gasteiger partial charge in [-0.15, -0.1) is 0 Å². The summed E-state index contributed by atoms with van der Waals surface area (Å²) in [5, 5.41) is 3.00. The largest absolute Gasteiger partial charge is 0.493 e. The van der Waals surface area contributed by atoms with Crippen LogP contribution in [0.2, 0.25) is 0 Å². The number of rotatable bonds is 8. The van der Waals surface area contributed by atoms with Gasteiger partial charge in [-0.05, 0) is 41.7 Å². The number of nitrogens with one attached hydrogen (secondary N) is 1. The molecule has 6 nitrogen and oxygen atoms in total. The zero-order chi connectivity index (χ0) is 21.0. The molecular weight excluding hydrogens is 368 g/mol. The van der Waals surface area contributed by atoms with Crippen LogP contribution in [0.3, 0.4) is 0 Å². The molecule has 0 aliphatic carbocycles. The molecule has 0 unspecified atom stereocenters. The van der Waals surface area contributed by atoms with Gasteiger partial charge in [0.2, 0.25) is 5.91 Å². The van der Waals surface area contributed by atoms with Gasteiger partial charge in [-0.3, -0.25) is 9.59 Å². The zero-order valence-corrected chi connectivity index (χ0v) is 17.4. The van der Waals surface area contributed by atoms with Crippen LogP contribution >= 0.6 is 0 Å². The van der Waals surface area contributed by atoms with Gasteiger partial charge in [0.25, 0.3) is 5.91 Å². The first-order valence-corrected chi connectivity index (χ1v) is 9.83. The normalized spacial score (nSPS) is 14.0. The van der Waals surface area contributed by atoms with Crippen LogP contribution in [0.25, 0.3) is 0 Å². The van der Waals surface area contributed by atoms with E-state index < -0.39 is 6.04 Å². The Morgan fingerprint density at radius 2 is 1.83 bits per heavy atom. The Bertz CT molecular complexity index is 894. The fourth-order valence-corrected chi connectivity index (χ4v) is 3.78. The molecule has 0 radical (unpaired) electrons. The Hall–Kier alpha value is -3.02. The van der Waals surface area contributed by atoms with Gasteiger partial charge in [-0.1, -0.05) is 38.1 Å². The van der Waals surface area contributed by atoms with Crippen LogP contribution in [-0.2, 0) is 17.8 Å². The summed E-state index contributed by atoms with van der Waals surface area (Å²) in [5.74, 6) is 1.15. The lowest BCUT2D eigenvalue weighted by molar-refractivity contribution is -0.127. The summed E-state index contributed by atoms with van der Waals surface area (Å²) in [6, 6.07) is 12.8. The van der Waals surface area contributed by atoms with Gasteiger partial charge in [0.1, 0.15) is 6.04 Å². The van der Waals surface area contributed by atoms with Crippen molar-refractivity contribution in [2.45, 2.75) is 32.9 Å². The van der Waals surface area contributed by atoms with E-state index in [1.807, 2.05) is 56.3 Å². The minimum absolute atomic E-state index is 0.00865. The summed E-state index contributed by atoms with van der Waals surface area (Å²) in [7, 11) is 3.20. The van der Waals surface area contributed by atoms with Gasteiger partial charge >= 0.3 is 0 Å². The van der Waals surface area contributed by atoms with Gasteiger partial charge in [-0.2, -0.15) is 0 Å². The minimum Gasteiger partial charge on any atom is -0.493 e. The number of amides is 2. The molecule has 3 rings (SSSR count). The third-order valence-corrected chi connectivity index (χ3v) is 5.25. The summed E-state index contributed by atoms with van der Waals surface area (Å²) in [6.45, 7) is 4.89. The SMILES string of the molecule is COc1ccc(CCNC(=O)[C@H](C(C)C)N2Cc3ccccc3C2=O)cc1OC. The lowest BCUT2D eigenvalue weighted by Crippen LogP contribution is -2.50. The summed E-state index contributed by atoms with van der Waals surface area (Å²) in [5.41, 5.74) is 2.70. The first-order chi connectivity index (χ1) is 14.0. The van der Waals surface area contributed by atoms with Crippen molar-refractivity contribution in [3.8, 4) is 11.5 Å². The van der Waals surface area contributed by atoms with Crippen molar-refractivity contribution in [3.63, 3.8) is 0 Å². The lowest BCUT2D eigenvalue weighted by Gasteiger charge is -2.30. The number of ether oxygens (including phenoxy) is 2. The van der Waals surface area contributed by atoms with E-state index in [1.165, 1.54) is 0 Å². The Balaban J connectivity index is 1.63. The molecule has 2 amide bonds. The number of methoxy groups -OCH3 is 2. The third-order valence-electron chi connectivity index (χ3n) is 5.25. The van der Waals surface area contributed by atoms with Gasteiger partial charge in [0, 0.05) is 18.7 Å². The second-order valence-electron chi connectivity index (χ2n) is 7.51. The van der Waals surface area contributed by atoms with Crippen LogP contribution in [0.4, 0.5) is 0 Å². The fraction of sp³-hybridized carbons (Fsp3) is 0.391. The average molecular weight is 396 g/mol. The van der Waals surface area contributed by atoms with E-state index in [1.54, 1.807) is 19.1 Å². The molecule has 1 aliphatic heterocycles.